The van der Waals surface area contributed by atoms with E-state index in [-0.39, 0.29) is 5.69 Å². The van der Waals surface area contributed by atoms with Crippen LogP contribution in [0.4, 0.5) is 13.2 Å². The van der Waals surface area contributed by atoms with Crippen molar-refractivity contribution < 1.29 is 13.2 Å². The monoisotopic (exact) mass is 318 g/mol. The van der Waals surface area contributed by atoms with Crippen molar-refractivity contribution in [3.8, 4) is 5.69 Å². The van der Waals surface area contributed by atoms with Gasteiger partial charge >= 0.3 is 6.18 Å². The summed E-state index contributed by atoms with van der Waals surface area (Å²) in [4.78, 5) is 4.04. The van der Waals surface area contributed by atoms with E-state index in [1.807, 2.05) is 6.92 Å². The molecule has 0 spiro atoms. The van der Waals surface area contributed by atoms with Gasteiger partial charge in [0.05, 0.1) is 11.3 Å². The molecule has 2 nitrogen and oxygen atoms in total. The Labute approximate surface area is 111 Å². The summed E-state index contributed by atoms with van der Waals surface area (Å²) >= 11 is 3.19. The molecule has 0 N–H and O–H groups in total. The lowest BCUT2D eigenvalue weighted by Gasteiger charge is -2.15. The maximum absolute atomic E-state index is 13.0. The van der Waals surface area contributed by atoms with Gasteiger partial charge in [-0.2, -0.15) is 13.2 Å². The van der Waals surface area contributed by atoms with Gasteiger partial charge in [-0.25, -0.2) is 4.98 Å². The predicted octanol–water partition coefficient (Wildman–Crippen LogP) is 4.22. The average molecular weight is 319 g/mol. The summed E-state index contributed by atoms with van der Waals surface area (Å²) in [6, 6.07) is 3.90. The fraction of sp³-hybridized carbons (Fsp3) is 0.250. The number of nitrogens with zero attached hydrogens (tertiary/aromatic N) is 2. The second kappa shape index (κ2) is 4.76. The van der Waals surface area contributed by atoms with Crippen molar-refractivity contribution in [2.45, 2.75) is 19.5 Å². The first kappa shape index (κ1) is 13.1. The molecule has 0 aliphatic rings. The molecule has 18 heavy (non-hydrogen) atoms. The third-order valence-electron chi connectivity index (χ3n) is 2.56. The van der Waals surface area contributed by atoms with Crippen LogP contribution in [0.1, 0.15) is 18.3 Å². The van der Waals surface area contributed by atoms with Gasteiger partial charge in [0.2, 0.25) is 0 Å². The summed E-state index contributed by atoms with van der Waals surface area (Å²) in [5.41, 5.74) is -0.579. The maximum Gasteiger partial charge on any atom is 0.418 e. The molecule has 1 aromatic carbocycles. The van der Waals surface area contributed by atoms with Gasteiger partial charge in [0.25, 0.3) is 0 Å². The van der Waals surface area contributed by atoms with Crippen LogP contribution < -0.4 is 0 Å². The highest BCUT2D eigenvalue weighted by molar-refractivity contribution is 9.10. The second-order valence-corrected chi connectivity index (χ2v) is 4.64. The van der Waals surface area contributed by atoms with Crippen LogP contribution >= 0.6 is 15.9 Å². The van der Waals surface area contributed by atoms with E-state index in [2.05, 4.69) is 20.9 Å². The predicted molar refractivity (Wildman–Crippen MR) is 65.6 cm³/mol. The first-order valence-corrected chi connectivity index (χ1v) is 6.12. The molecule has 1 aromatic heterocycles. The molecule has 0 saturated heterocycles. The molecule has 0 atom stereocenters. The first-order chi connectivity index (χ1) is 8.43. The molecule has 0 fully saturated rings. The first-order valence-electron chi connectivity index (χ1n) is 5.33. The summed E-state index contributed by atoms with van der Waals surface area (Å²) in [6.07, 6.45) is -0.780. The standard InChI is InChI=1S/C12H10BrF3N2/c1-2-11-17-5-6-18(11)10-7-8(13)3-4-9(10)12(14,15)16/h3-7H,2H2,1H3. The van der Waals surface area contributed by atoms with Crippen molar-refractivity contribution in [3.63, 3.8) is 0 Å². The van der Waals surface area contributed by atoms with Crippen molar-refractivity contribution in [3.05, 3.63) is 46.5 Å². The summed E-state index contributed by atoms with van der Waals surface area (Å²) in [5, 5.41) is 0. The van der Waals surface area contributed by atoms with E-state index in [0.29, 0.717) is 16.7 Å². The van der Waals surface area contributed by atoms with Crippen LogP contribution in [-0.2, 0) is 12.6 Å². The van der Waals surface area contributed by atoms with Gasteiger partial charge in [-0.1, -0.05) is 22.9 Å². The van der Waals surface area contributed by atoms with E-state index in [9.17, 15) is 13.2 Å². The van der Waals surface area contributed by atoms with Gasteiger partial charge in [-0.15, -0.1) is 0 Å². The zero-order valence-electron chi connectivity index (χ0n) is 9.50. The Hall–Kier alpha value is -1.30. The van der Waals surface area contributed by atoms with Gasteiger partial charge in [-0.05, 0) is 18.2 Å². The van der Waals surface area contributed by atoms with Gasteiger partial charge in [0.1, 0.15) is 5.82 Å². The Balaban J connectivity index is 2.66. The molecule has 0 radical (unpaired) electrons. The molecular weight excluding hydrogens is 309 g/mol. The fourth-order valence-corrected chi connectivity index (χ4v) is 2.11. The molecule has 6 heteroatoms. The Morgan fingerprint density at radius 3 is 2.67 bits per heavy atom. The molecule has 2 rings (SSSR count). The molecule has 0 saturated carbocycles. The van der Waals surface area contributed by atoms with E-state index in [1.165, 1.54) is 29.1 Å². The molecule has 0 aliphatic carbocycles. The van der Waals surface area contributed by atoms with Crippen LogP contribution in [0.5, 0.6) is 0 Å². The molecule has 0 bridgehead atoms. The number of imidazole rings is 1. The summed E-state index contributed by atoms with van der Waals surface area (Å²) in [5.74, 6) is 0.596. The molecule has 96 valence electrons. The SMILES string of the molecule is CCc1nccn1-c1cc(Br)ccc1C(F)(F)F. The maximum atomic E-state index is 13.0. The lowest BCUT2D eigenvalue weighted by molar-refractivity contribution is -0.137. The van der Waals surface area contributed by atoms with E-state index in [4.69, 9.17) is 0 Å². The second-order valence-electron chi connectivity index (χ2n) is 3.73. The van der Waals surface area contributed by atoms with Gasteiger partial charge in [0.15, 0.2) is 0 Å². The van der Waals surface area contributed by atoms with Crippen LogP contribution in [0.3, 0.4) is 0 Å². The quantitative estimate of drug-likeness (QED) is 0.810. The third-order valence-corrected chi connectivity index (χ3v) is 3.05. The molecule has 0 aliphatic heterocycles. The highest BCUT2D eigenvalue weighted by Crippen LogP contribution is 2.35. The van der Waals surface area contributed by atoms with Gasteiger partial charge in [-0.3, -0.25) is 0 Å². The lowest BCUT2D eigenvalue weighted by atomic mass is 10.1. The highest BCUT2D eigenvalue weighted by Gasteiger charge is 2.34. The number of alkyl halides is 3. The van der Waals surface area contributed by atoms with Crippen LogP contribution in [0.25, 0.3) is 5.69 Å². The van der Waals surface area contributed by atoms with Crippen LogP contribution in [0.15, 0.2) is 35.1 Å². The van der Waals surface area contributed by atoms with E-state index in [0.717, 1.165) is 6.07 Å². The number of rotatable bonds is 2. The van der Waals surface area contributed by atoms with Crippen LogP contribution in [0.2, 0.25) is 0 Å². The summed E-state index contributed by atoms with van der Waals surface area (Å²) in [6.45, 7) is 1.85. The van der Waals surface area contributed by atoms with Gasteiger partial charge in [0, 0.05) is 23.3 Å². The summed E-state index contributed by atoms with van der Waals surface area (Å²) in [7, 11) is 0. The van der Waals surface area contributed by atoms with Crippen molar-refractivity contribution >= 4 is 15.9 Å². The Morgan fingerprint density at radius 2 is 2.06 bits per heavy atom. The molecule has 0 amide bonds. The van der Waals surface area contributed by atoms with E-state index >= 15 is 0 Å². The molecule has 1 heterocycles. The highest BCUT2D eigenvalue weighted by atomic mass is 79.9. The number of halogens is 4. The van der Waals surface area contributed by atoms with Crippen LogP contribution in [0, 0.1) is 0 Å². The zero-order chi connectivity index (χ0) is 13.3. The smallest absolute Gasteiger partial charge is 0.303 e. The van der Waals surface area contributed by atoms with Crippen molar-refractivity contribution in [2.75, 3.05) is 0 Å². The Bertz CT molecular complexity index is 561. The lowest BCUT2D eigenvalue weighted by Crippen LogP contribution is -2.11. The van der Waals surface area contributed by atoms with Crippen molar-refractivity contribution in [1.29, 1.82) is 0 Å². The average Bonchev–Trinajstić information content (AvgIpc) is 2.75. The Morgan fingerprint density at radius 1 is 1.33 bits per heavy atom. The molecule has 0 unspecified atom stereocenters. The number of hydrogen-bond donors (Lipinski definition) is 0. The minimum Gasteiger partial charge on any atom is -0.303 e. The van der Waals surface area contributed by atoms with Crippen molar-refractivity contribution in [1.82, 2.24) is 9.55 Å². The van der Waals surface area contributed by atoms with E-state index < -0.39 is 11.7 Å². The number of benzene rings is 1. The molecule has 2 aromatic rings. The fourth-order valence-electron chi connectivity index (χ4n) is 1.76. The number of aryl methyl sites for hydroxylation is 1. The van der Waals surface area contributed by atoms with Gasteiger partial charge < -0.3 is 4.57 Å². The number of aromatic nitrogens is 2. The summed E-state index contributed by atoms with van der Waals surface area (Å²) < 4.78 is 40.9. The molecular formula is C12H10BrF3N2. The normalized spacial score (nSPS) is 11.8. The Kier molecular flexibility index (Phi) is 3.47. The third kappa shape index (κ3) is 2.43. The minimum atomic E-state index is -4.38. The number of hydrogen-bond acceptors (Lipinski definition) is 1. The van der Waals surface area contributed by atoms with Crippen molar-refractivity contribution in [2.24, 2.45) is 0 Å². The largest absolute Gasteiger partial charge is 0.418 e. The van der Waals surface area contributed by atoms with Crippen LogP contribution in [-0.4, -0.2) is 9.55 Å². The zero-order valence-corrected chi connectivity index (χ0v) is 11.1. The minimum absolute atomic E-state index is 0.0891. The van der Waals surface area contributed by atoms with E-state index in [1.54, 1.807) is 0 Å². The topological polar surface area (TPSA) is 17.8 Å².